The summed E-state index contributed by atoms with van der Waals surface area (Å²) in [6.45, 7) is 0.324. The lowest BCUT2D eigenvalue weighted by Gasteiger charge is -2.08. The lowest BCUT2D eigenvalue weighted by atomic mass is 10.2. The molecule has 0 atom stereocenters. The van der Waals surface area contributed by atoms with Gasteiger partial charge in [-0.15, -0.1) is 0 Å². The van der Waals surface area contributed by atoms with Crippen molar-refractivity contribution in [1.29, 1.82) is 0 Å². The van der Waals surface area contributed by atoms with Gasteiger partial charge in [-0.2, -0.15) is 0 Å². The quantitative estimate of drug-likeness (QED) is 0.865. The molecule has 1 heterocycles. The van der Waals surface area contributed by atoms with E-state index < -0.39 is 0 Å². The van der Waals surface area contributed by atoms with Crippen molar-refractivity contribution in [1.82, 2.24) is 4.57 Å². The molecule has 0 aliphatic carbocycles. The summed E-state index contributed by atoms with van der Waals surface area (Å²) in [6, 6.07) is 7.29. The van der Waals surface area contributed by atoms with Crippen LogP contribution in [0.2, 0.25) is 0 Å². The van der Waals surface area contributed by atoms with Gasteiger partial charge in [-0.05, 0) is 39.7 Å². The van der Waals surface area contributed by atoms with E-state index in [4.69, 9.17) is 5.73 Å². The van der Waals surface area contributed by atoms with Gasteiger partial charge in [0.2, 0.25) is 0 Å². The SMILES string of the molecule is Nc1cc(F)ccc1Cn1cc(Br)ccc1=O. The zero-order valence-electron chi connectivity index (χ0n) is 8.86. The summed E-state index contributed by atoms with van der Waals surface area (Å²) < 4.78 is 15.2. The van der Waals surface area contributed by atoms with E-state index in [-0.39, 0.29) is 11.4 Å². The van der Waals surface area contributed by atoms with Gasteiger partial charge >= 0.3 is 0 Å². The first-order valence-electron chi connectivity index (χ1n) is 4.96. The smallest absolute Gasteiger partial charge is 0.250 e. The van der Waals surface area contributed by atoms with E-state index in [1.807, 2.05) is 0 Å². The molecule has 0 aliphatic heterocycles. The van der Waals surface area contributed by atoms with Crippen LogP contribution in [0.1, 0.15) is 5.56 Å². The number of nitrogen functional groups attached to an aromatic ring is 1. The maximum absolute atomic E-state index is 12.9. The molecule has 0 saturated carbocycles. The van der Waals surface area contributed by atoms with Gasteiger partial charge in [0.15, 0.2) is 0 Å². The fourth-order valence-corrected chi connectivity index (χ4v) is 1.90. The number of aromatic nitrogens is 1. The molecule has 2 aromatic rings. The summed E-state index contributed by atoms with van der Waals surface area (Å²) in [5, 5.41) is 0. The zero-order chi connectivity index (χ0) is 12.4. The molecule has 0 fully saturated rings. The van der Waals surface area contributed by atoms with Gasteiger partial charge in [0.25, 0.3) is 5.56 Å². The fourth-order valence-electron chi connectivity index (χ4n) is 1.52. The molecule has 1 aromatic heterocycles. The van der Waals surface area contributed by atoms with Gasteiger partial charge in [-0.25, -0.2) is 4.39 Å². The molecule has 5 heteroatoms. The van der Waals surface area contributed by atoms with Crippen molar-refractivity contribution in [2.24, 2.45) is 0 Å². The summed E-state index contributed by atoms with van der Waals surface area (Å²) in [5.41, 5.74) is 6.62. The van der Waals surface area contributed by atoms with Gasteiger partial charge < -0.3 is 10.3 Å². The maximum atomic E-state index is 12.9. The molecule has 17 heavy (non-hydrogen) atoms. The number of anilines is 1. The van der Waals surface area contributed by atoms with Crippen LogP contribution in [0.4, 0.5) is 10.1 Å². The number of hydrogen-bond donors (Lipinski definition) is 1. The third-order valence-corrected chi connectivity index (χ3v) is 2.87. The molecule has 0 saturated heterocycles. The molecule has 2 rings (SSSR count). The Morgan fingerprint density at radius 2 is 2.06 bits per heavy atom. The molecule has 0 aliphatic rings. The summed E-state index contributed by atoms with van der Waals surface area (Å²) in [7, 11) is 0. The van der Waals surface area contributed by atoms with Crippen LogP contribution in [0.15, 0.2) is 45.8 Å². The Morgan fingerprint density at radius 3 is 2.76 bits per heavy atom. The predicted molar refractivity (Wildman–Crippen MR) is 68.3 cm³/mol. The van der Waals surface area contributed by atoms with Crippen molar-refractivity contribution in [3.8, 4) is 0 Å². The van der Waals surface area contributed by atoms with Crippen molar-refractivity contribution < 1.29 is 4.39 Å². The Kier molecular flexibility index (Phi) is 3.28. The standard InChI is InChI=1S/C12H10BrFN2O/c13-9-2-4-12(17)16(7-9)6-8-1-3-10(14)5-11(8)15/h1-5,7H,6,15H2. The van der Waals surface area contributed by atoms with E-state index in [2.05, 4.69) is 15.9 Å². The molecular formula is C12H10BrFN2O. The highest BCUT2D eigenvalue weighted by molar-refractivity contribution is 9.10. The van der Waals surface area contributed by atoms with Crippen LogP contribution >= 0.6 is 15.9 Å². The highest BCUT2D eigenvalue weighted by atomic mass is 79.9. The van der Waals surface area contributed by atoms with Gasteiger partial charge in [-0.3, -0.25) is 4.79 Å². The first-order valence-corrected chi connectivity index (χ1v) is 5.75. The number of nitrogens with zero attached hydrogens (tertiary/aromatic N) is 1. The number of benzene rings is 1. The van der Waals surface area contributed by atoms with Crippen molar-refractivity contribution in [2.75, 3.05) is 5.73 Å². The number of rotatable bonds is 2. The first kappa shape index (κ1) is 11.9. The van der Waals surface area contributed by atoms with Crippen molar-refractivity contribution in [3.05, 3.63) is 62.7 Å². The van der Waals surface area contributed by atoms with Crippen LogP contribution in [0, 0.1) is 5.82 Å². The van der Waals surface area contributed by atoms with Gasteiger partial charge in [0.1, 0.15) is 5.82 Å². The molecule has 3 nitrogen and oxygen atoms in total. The minimum absolute atomic E-state index is 0.128. The highest BCUT2D eigenvalue weighted by Crippen LogP contribution is 2.15. The number of hydrogen-bond acceptors (Lipinski definition) is 2. The zero-order valence-corrected chi connectivity index (χ0v) is 10.4. The Hall–Kier alpha value is -1.62. The van der Waals surface area contributed by atoms with Crippen molar-refractivity contribution in [2.45, 2.75) is 6.54 Å². The second-order valence-corrected chi connectivity index (χ2v) is 4.57. The largest absolute Gasteiger partial charge is 0.398 e. The van der Waals surface area contributed by atoms with E-state index in [9.17, 15) is 9.18 Å². The molecular weight excluding hydrogens is 287 g/mol. The topological polar surface area (TPSA) is 48.0 Å². The third-order valence-electron chi connectivity index (χ3n) is 2.40. The van der Waals surface area contributed by atoms with Crippen LogP contribution < -0.4 is 11.3 Å². The second kappa shape index (κ2) is 4.71. The predicted octanol–water partition coefficient (Wildman–Crippen LogP) is 2.38. The van der Waals surface area contributed by atoms with Crippen LogP contribution in [0.25, 0.3) is 0 Å². The average Bonchev–Trinajstić information content (AvgIpc) is 2.27. The van der Waals surface area contributed by atoms with Crippen LogP contribution in [-0.2, 0) is 6.54 Å². The molecule has 1 aromatic carbocycles. The normalized spacial score (nSPS) is 10.5. The molecule has 88 valence electrons. The Bertz CT molecular complexity index is 610. The molecule has 0 spiro atoms. The molecule has 0 radical (unpaired) electrons. The Balaban J connectivity index is 2.38. The van der Waals surface area contributed by atoms with Gasteiger partial charge in [0.05, 0.1) is 6.54 Å². The number of halogens is 2. The van der Waals surface area contributed by atoms with E-state index in [1.54, 1.807) is 18.3 Å². The van der Waals surface area contributed by atoms with E-state index >= 15 is 0 Å². The van der Waals surface area contributed by atoms with Crippen LogP contribution in [0.3, 0.4) is 0 Å². The van der Waals surface area contributed by atoms with Crippen molar-refractivity contribution in [3.63, 3.8) is 0 Å². The van der Waals surface area contributed by atoms with E-state index in [1.165, 1.54) is 22.8 Å². The summed E-state index contributed by atoms with van der Waals surface area (Å²) in [4.78, 5) is 11.6. The number of pyridine rings is 1. The molecule has 0 bridgehead atoms. The van der Waals surface area contributed by atoms with Gasteiger partial charge in [-0.1, -0.05) is 6.07 Å². The first-order chi connectivity index (χ1) is 8.06. The summed E-state index contributed by atoms with van der Waals surface area (Å²) in [5.74, 6) is -0.382. The van der Waals surface area contributed by atoms with E-state index in [0.717, 1.165) is 4.47 Å². The van der Waals surface area contributed by atoms with Crippen molar-refractivity contribution >= 4 is 21.6 Å². The van der Waals surface area contributed by atoms with Crippen LogP contribution in [-0.4, -0.2) is 4.57 Å². The fraction of sp³-hybridized carbons (Fsp3) is 0.0833. The second-order valence-electron chi connectivity index (χ2n) is 3.66. The molecule has 0 unspecified atom stereocenters. The number of nitrogens with two attached hydrogens (primary N) is 1. The maximum Gasteiger partial charge on any atom is 0.250 e. The minimum Gasteiger partial charge on any atom is -0.398 e. The van der Waals surface area contributed by atoms with Crippen LogP contribution in [0.5, 0.6) is 0 Å². The molecule has 0 amide bonds. The van der Waals surface area contributed by atoms with E-state index in [0.29, 0.717) is 17.8 Å². The monoisotopic (exact) mass is 296 g/mol. The molecule has 2 N–H and O–H groups in total. The summed E-state index contributed by atoms with van der Waals surface area (Å²) >= 11 is 3.29. The average molecular weight is 297 g/mol. The Labute approximate surface area is 106 Å². The lowest BCUT2D eigenvalue weighted by Crippen LogP contribution is -2.19. The Morgan fingerprint density at radius 1 is 1.29 bits per heavy atom. The lowest BCUT2D eigenvalue weighted by molar-refractivity contribution is 0.627. The summed E-state index contributed by atoms with van der Waals surface area (Å²) in [6.07, 6.45) is 1.67. The third kappa shape index (κ3) is 2.74. The van der Waals surface area contributed by atoms with Gasteiger partial charge in [0, 0.05) is 22.4 Å². The minimum atomic E-state index is -0.382. The highest BCUT2D eigenvalue weighted by Gasteiger charge is 2.03.